The number of hydrogen-bond acceptors (Lipinski definition) is 0. The van der Waals surface area contributed by atoms with Gasteiger partial charge in [0.2, 0.25) is 0 Å². The summed E-state index contributed by atoms with van der Waals surface area (Å²) in [5.41, 5.74) is 11.8. The molecule has 4 aliphatic carbocycles. The maximum absolute atomic E-state index is 3.54. The zero-order valence-electron chi connectivity index (χ0n) is 22.8. The van der Waals surface area contributed by atoms with Crippen LogP contribution in [0.5, 0.6) is 0 Å². The second-order valence-corrected chi connectivity index (χ2v) is 11.9. The molecule has 4 aliphatic rings. The molecule has 4 aromatic carbocycles. The van der Waals surface area contributed by atoms with Crippen LogP contribution in [-0.4, -0.2) is 0 Å². The van der Waals surface area contributed by atoms with Crippen LogP contribution >= 0.6 is 0 Å². The average Bonchev–Trinajstić information content (AvgIpc) is 3.52. The van der Waals surface area contributed by atoms with Gasteiger partial charge in [-0.25, -0.2) is 0 Å². The molecule has 2 atom stereocenters. The second kappa shape index (κ2) is 11.9. The molecule has 39 heavy (non-hydrogen) atoms. The minimum absolute atomic E-state index is 0. The van der Waals surface area contributed by atoms with Gasteiger partial charge in [-0.2, -0.15) is 48.5 Å². The molecule has 0 spiro atoms. The maximum atomic E-state index is 3.54. The van der Waals surface area contributed by atoms with Crippen LogP contribution in [0.15, 0.2) is 84.9 Å². The zero-order chi connectivity index (χ0) is 25.3. The summed E-state index contributed by atoms with van der Waals surface area (Å²) in [6.45, 7) is 0. The van der Waals surface area contributed by atoms with Crippen LogP contribution in [0.2, 0.25) is 0 Å². The first-order valence-corrected chi connectivity index (χ1v) is 15.1. The van der Waals surface area contributed by atoms with Crippen molar-refractivity contribution >= 4 is 0 Å². The normalized spacial score (nSPS) is 21.4. The Morgan fingerprint density at radius 1 is 0.436 bits per heavy atom. The van der Waals surface area contributed by atoms with Crippen LogP contribution in [0.4, 0.5) is 0 Å². The van der Waals surface area contributed by atoms with Gasteiger partial charge in [0.05, 0.1) is 0 Å². The Labute approximate surface area is 245 Å². The van der Waals surface area contributed by atoms with Crippen molar-refractivity contribution < 1.29 is 16.8 Å². The summed E-state index contributed by atoms with van der Waals surface area (Å²) in [6, 6.07) is 38.0. The Bertz CT molecular complexity index is 1210. The fraction of sp³-hybridized carbons (Fsp3) is 0.368. The predicted octanol–water partition coefficient (Wildman–Crippen LogP) is 10.4. The van der Waals surface area contributed by atoms with E-state index in [-0.39, 0.29) is 16.8 Å². The molecule has 1 heteroatoms. The molecule has 2 unspecified atom stereocenters. The van der Waals surface area contributed by atoms with Gasteiger partial charge in [0.15, 0.2) is 0 Å². The standard InChI is InChI=1S/2C19H19.Co/c2*1-2-8-14(9-3-1)19-17-12-6-4-10-15(17)16-11-5-7-13-18(16)19;/h2*4-7,10-12,14,19H,1-3,8-9H2;/q2*-1;+2. The van der Waals surface area contributed by atoms with Crippen molar-refractivity contribution in [2.24, 2.45) is 11.8 Å². The minimum atomic E-state index is 0. The molecule has 0 amide bonds. The molecule has 0 aromatic heterocycles. The van der Waals surface area contributed by atoms with E-state index >= 15 is 0 Å². The molecule has 0 N–H and O–H groups in total. The van der Waals surface area contributed by atoms with E-state index in [1.807, 2.05) is 0 Å². The third-order valence-corrected chi connectivity index (χ3v) is 9.81. The van der Waals surface area contributed by atoms with Gasteiger partial charge in [-0.1, -0.05) is 98.2 Å². The molecule has 1 radical (unpaired) electrons. The minimum Gasteiger partial charge on any atom is -0.179 e. The van der Waals surface area contributed by atoms with Crippen molar-refractivity contribution in [2.45, 2.75) is 76.0 Å². The first-order chi connectivity index (χ1) is 18.9. The summed E-state index contributed by atoms with van der Waals surface area (Å²) in [5.74, 6) is 2.87. The van der Waals surface area contributed by atoms with E-state index in [9.17, 15) is 0 Å². The van der Waals surface area contributed by atoms with Crippen molar-refractivity contribution in [3.8, 4) is 22.3 Å². The Kier molecular flexibility index (Phi) is 8.09. The topological polar surface area (TPSA) is 0 Å². The average molecular weight is 554 g/mol. The van der Waals surface area contributed by atoms with Gasteiger partial charge in [0.25, 0.3) is 0 Å². The van der Waals surface area contributed by atoms with Crippen molar-refractivity contribution in [1.82, 2.24) is 0 Å². The van der Waals surface area contributed by atoms with E-state index in [1.165, 1.54) is 97.6 Å². The Balaban J connectivity index is 0.000000138. The van der Waals surface area contributed by atoms with Crippen LogP contribution in [0, 0.1) is 24.0 Å². The van der Waals surface area contributed by atoms with Gasteiger partial charge < -0.3 is 0 Å². The Hall–Kier alpha value is -2.61. The summed E-state index contributed by atoms with van der Waals surface area (Å²) in [7, 11) is 0. The SMILES string of the molecule is [Co+2].[c-]1cccc2c1C(C1CCCCC1)c1ccccc1-2.[c-]1cccc2c1C(C1CCCCC1)c1ccccc1-2. The van der Waals surface area contributed by atoms with Crippen molar-refractivity contribution in [1.29, 1.82) is 0 Å². The third kappa shape index (κ3) is 4.94. The fourth-order valence-electron chi connectivity index (χ4n) is 8.14. The largest absolute Gasteiger partial charge is 2.00 e. The van der Waals surface area contributed by atoms with Crippen molar-refractivity contribution in [3.05, 3.63) is 119 Å². The summed E-state index contributed by atoms with van der Waals surface area (Å²) < 4.78 is 0. The van der Waals surface area contributed by atoms with E-state index in [2.05, 4.69) is 97.1 Å². The maximum Gasteiger partial charge on any atom is 2.00 e. The Morgan fingerprint density at radius 3 is 1.26 bits per heavy atom. The van der Waals surface area contributed by atoms with E-state index in [4.69, 9.17) is 0 Å². The molecule has 0 nitrogen and oxygen atoms in total. The summed E-state index contributed by atoms with van der Waals surface area (Å²) >= 11 is 0. The third-order valence-electron chi connectivity index (χ3n) is 9.81. The molecular weight excluding hydrogens is 515 g/mol. The first kappa shape index (κ1) is 26.6. The molecule has 2 saturated carbocycles. The van der Waals surface area contributed by atoms with Gasteiger partial charge in [-0.15, -0.1) is 22.3 Å². The molecule has 0 bridgehead atoms. The fourth-order valence-corrected chi connectivity index (χ4v) is 8.14. The van der Waals surface area contributed by atoms with E-state index in [1.54, 1.807) is 11.1 Å². The monoisotopic (exact) mass is 553 g/mol. The molecule has 2 fully saturated rings. The quantitative estimate of drug-likeness (QED) is 0.217. The number of hydrogen-bond donors (Lipinski definition) is 0. The molecule has 8 rings (SSSR count). The van der Waals surface area contributed by atoms with Crippen molar-refractivity contribution in [2.75, 3.05) is 0 Å². The Morgan fingerprint density at radius 2 is 0.821 bits per heavy atom. The van der Waals surface area contributed by atoms with Gasteiger partial charge in [0.1, 0.15) is 0 Å². The van der Waals surface area contributed by atoms with Gasteiger partial charge >= 0.3 is 16.8 Å². The zero-order valence-corrected chi connectivity index (χ0v) is 23.8. The molecule has 0 aliphatic heterocycles. The van der Waals surface area contributed by atoms with Crippen LogP contribution in [0.3, 0.4) is 0 Å². The number of fused-ring (bicyclic) bond motifs is 6. The van der Waals surface area contributed by atoms with E-state index in [0.717, 1.165) is 11.8 Å². The van der Waals surface area contributed by atoms with Crippen LogP contribution in [-0.2, 0) is 16.8 Å². The van der Waals surface area contributed by atoms with E-state index < -0.39 is 0 Å². The molecule has 0 heterocycles. The van der Waals surface area contributed by atoms with Gasteiger partial charge in [-0.05, 0) is 60.5 Å². The first-order valence-electron chi connectivity index (χ1n) is 15.1. The van der Waals surface area contributed by atoms with Crippen LogP contribution in [0.1, 0.15) is 98.3 Å². The number of rotatable bonds is 2. The molecule has 199 valence electrons. The summed E-state index contributed by atoms with van der Waals surface area (Å²) in [6.07, 6.45) is 14.0. The van der Waals surface area contributed by atoms with E-state index in [0.29, 0.717) is 11.8 Å². The van der Waals surface area contributed by atoms with Crippen molar-refractivity contribution in [3.63, 3.8) is 0 Å². The van der Waals surface area contributed by atoms with Gasteiger partial charge in [-0.3, -0.25) is 0 Å². The van der Waals surface area contributed by atoms with Crippen LogP contribution in [0.25, 0.3) is 22.3 Å². The predicted molar refractivity (Wildman–Crippen MR) is 158 cm³/mol. The number of benzene rings is 4. The molecule has 0 saturated heterocycles. The summed E-state index contributed by atoms with van der Waals surface area (Å²) in [4.78, 5) is 0. The second-order valence-electron chi connectivity index (χ2n) is 11.9. The summed E-state index contributed by atoms with van der Waals surface area (Å²) in [5, 5.41) is 0. The molecule has 4 aromatic rings. The van der Waals surface area contributed by atoms with Gasteiger partial charge in [0, 0.05) is 0 Å². The molecular formula is C38H38Co. The van der Waals surface area contributed by atoms with Crippen LogP contribution < -0.4 is 0 Å². The smallest absolute Gasteiger partial charge is 0.179 e.